The fourth-order valence-corrected chi connectivity index (χ4v) is 5.17. The molecule has 138 valence electrons. The SMILES string of the molecule is COc1ccc(F)cc1C[NH+]1CCN(C(=O)c2cc3c(s2)CCC3)CC1. The van der Waals surface area contributed by atoms with E-state index in [9.17, 15) is 9.18 Å². The van der Waals surface area contributed by atoms with Crippen LogP contribution in [0.1, 0.15) is 32.1 Å². The number of ether oxygens (including phenoxy) is 1. The number of benzene rings is 1. The van der Waals surface area contributed by atoms with Gasteiger partial charge in [0.2, 0.25) is 0 Å². The van der Waals surface area contributed by atoms with Crippen molar-refractivity contribution in [2.45, 2.75) is 25.8 Å². The van der Waals surface area contributed by atoms with Crippen LogP contribution in [0.15, 0.2) is 24.3 Å². The number of nitrogens with zero attached hydrogens (tertiary/aromatic N) is 1. The van der Waals surface area contributed by atoms with E-state index in [0.29, 0.717) is 0 Å². The molecule has 1 aromatic heterocycles. The molecule has 1 N–H and O–H groups in total. The number of thiophene rings is 1. The van der Waals surface area contributed by atoms with Crippen molar-refractivity contribution >= 4 is 17.2 Å². The minimum atomic E-state index is -0.236. The van der Waals surface area contributed by atoms with Gasteiger partial charge in [-0.15, -0.1) is 11.3 Å². The molecule has 6 heteroatoms. The second-order valence-corrected chi connectivity index (χ2v) is 8.22. The van der Waals surface area contributed by atoms with E-state index in [2.05, 4.69) is 6.07 Å². The van der Waals surface area contributed by atoms with Crippen LogP contribution in [-0.4, -0.2) is 44.1 Å². The lowest BCUT2D eigenvalue weighted by Crippen LogP contribution is -3.13. The first-order chi connectivity index (χ1) is 12.6. The molecule has 2 aromatic rings. The Morgan fingerprint density at radius 3 is 2.81 bits per heavy atom. The molecule has 1 aliphatic heterocycles. The van der Waals surface area contributed by atoms with E-state index in [4.69, 9.17) is 4.74 Å². The zero-order valence-corrected chi connectivity index (χ0v) is 15.8. The number of quaternary nitrogens is 1. The fraction of sp³-hybridized carbons (Fsp3) is 0.450. The molecular formula is C20H24FN2O2S+. The Labute approximate surface area is 157 Å². The molecule has 0 radical (unpaired) electrons. The second-order valence-electron chi connectivity index (χ2n) is 7.09. The van der Waals surface area contributed by atoms with E-state index in [0.717, 1.165) is 61.8 Å². The minimum Gasteiger partial charge on any atom is -0.496 e. The summed E-state index contributed by atoms with van der Waals surface area (Å²) in [6, 6.07) is 6.76. The third kappa shape index (κ3) is 3.48. The predicted octanol–water partition coefficient (Wildman–Crippen LogP) is 1.93. The Morgan fingerprint density at radius 1 is 1.27 bits per heavy atom. The highest BCUT2D eigenvalue weighted by atomic mass is 32.1. The van der Waals surface area contributed by atoms with Crippen molar-refractivity contribution in [2.75, 3.05) is 33.3 Å². The summed E-state index contributed by atoms with van der Waals surface area (Å²) in [5, 5.41) is 0. The number of halogens is 1. The van der Waals surface area contributed by atoms with Crippen molar-refractivity contribution in [1.29, 1.82) is 0 Å². The van der Waals surface area contributed by atoms with Crippen molar-refractivity contribution in [1.82, 2.24) is 4.90 Å². The maximum Gasteiger partial charge on any atom is 0.264 e. The molecule has 0 atom stereocenters. The maximum absolute atomic E-state index is 13.5. The number of fused-ring (bicyclic) bond motifs is 1. The summed E-state index contributed by atoms with van der Waals surface area (Å²) in [7, 11) is 1.61. The van der Waals surface area contributed by atoms with Gasteiger partial charge in [0.1, 0.15) is 18.1 Å². The van der Waals surface area contributed by atoms with Crippen LogP contribution in [0.2, 0.25) is 0 Å². The summed E-state index contributed by atoms with van der Waals surface area (Å²) in [5.74, 6) is 0.664. The highest BCUT2D eigenvalue weighted by molar-refractivity contribution is 7.14. The monoisotopic (exact) mass is 375 g/mol. The third-order valence-electron chi connectivity index (χ3n) is 5.40. The van der Waals surface area contributed by atoms with Gasteiger partial charge in [0, 0.05) is 4.88 Å². The molecular weight excluding hydrogens is 351 g/mol. The molecule has 1 fully saturated rings. The number of methoxy groups -OCH3 is 1. The number of hydrogen-bond acceptors (Lipinski definition) is 3. The first kappa shape index (κ1) is 17.5. The van der Waals surface area contributed by atoms with Crippen LogP contribution in [0.4, 0.5) is 4.39 Å². The Hall–Kier alpha value is -1.92. The molecule has 4 rings (SSSR count). The number of carbonyl (C=O) groups is 1. The van der Waals surface area contributed by atoms with Gasteiger partial charge in [-0.3, -0.25) is 4.79 Å². The molecule has 1 saturated heterocycles. The molecule has 2 aliphatic rings. The number of piperazine rings is 1. The number of aryl methyl sites for hydroxylation is 2. The van der Waals surface area contributed by atoms with Crippen LogP contribution in [0.3, 0.4) is 0 Å². The maximum atomic E-state index is 13.5. The average molecular weight is 375 g/mol. The Kier molecular flexibility index (Phi) is 4.96. The van der Waals surface area contributed by atoms with Crippen LogP contribution >= 0.6 is 11.3 Å². The smallest absolute Gasteiger partial charge is 0.264 e. The quantitative estimate of drug-likeness (QED) is 0.886. The lowest BCUT2D eigenvalue weighted by Gasteiger charge is -2.32. The first-order valence-corrected chi connectivity index (χ1v) is 10.0. The van der Waals surface area contributed by atoms with Crippen molar-refractivity contribution in [3.8, 4) is 5.75 Å². The van der Waals surface area contributed by atoms with Crippen LogP contribution in [0, 0.1) is 5.82 Å². The van der Waals surface area contributed by atoms with Crippen molar-refractivity contribution < 1.29 is 18.8 Å². The van der Waals surface area contributed by atoms with Crippen molar-refractivity contribution in [3.63, 3.8) is 0 Å². The minimum absolute atomic E-state index is 0.173. The standard InChI is InChI=1S/C20H23FN2O2S/c1-25-17-6-5-16(21)11-15(17)13-22-7-9-23(10-8-22)20(24)19-12-14-3-2-4-18(14)26-19/h5-6,11-12H,2-4,7-10,13H2,1H3/p+1. The zero-order chi connectivity index (χ0) is 18.1. The van der Waals surface area contributed by atoms with E-state index >= 15 is 0 Å². The van der Waals surface area contributed by atoms with Gasteiger partial charge in [-0.2, -0.15) is 0 Å². The van der Waals surface area contributed by atoms with Gasteiger partial charge >= 0.3 is 0 Å². The molecule has 1 aliphatic carbocycles. The van der Waals surface area contributed by atoms with Gasteiger partial charge in [0.05, 0.1) is 43.7 Å². The van der Waals surface area contributed by atoms with E-state index < -0.39 is 0 Å². The number of amides is 1. The summed E-state index contributed by atoms with van der Waals surface area (Å²) in [5.41, 5.74) is 2.26. The van der Waals surface area contributed by atoms with Gasteiger partial charge in [-0.25, -0.2) is 4.39 Å². The van der Waals surface area contributed by atoms with Crippen LogP contribution in [0.5, 0.6) is 5.75 Å². The van der Waals surface area contributed by atoms with Gasteiger partial charge in [0.15, 0.2) is 0 Å². The molecule has 0 saturated carbocycles. The summed E-state index contributed by atoms with van der Waals surface area (Å²) in [4.78, 5) is 18.4. The molecule has 4 nitrogen and oxygen atoms in total. The Bertz CT molecular complexity index is 791. The highest BCUT2D eigenvalue weighted by Crippen LogP contribution is 2.31. The predicted molar refractivity (Wildman–Crippen MR) is 99.6 cm³/mol. The molecule has 2 heterocycles. The first-order valence-electron chi connectivity index (χ1n) is 9.21. The number of carbonyl (C=O) groups excluding carboxylic acids is 1. The van der Waals surface area contributed by atoms with Gasteiger partial charge in [-0.1, -0.05) is 0 Å². The third-order valence-corrected chi connectivity index (χ3v) is 6.62. The Morgan fingerprint density at radius 2 is 2.08 bits per heavy atom. The Balaban J connectivity index is 1.36. The lowest BCUT2D eigenvalue weighted by atomic mass is 10.1. The van der Waals surface area contributed by atoms with Gasteiger partial charge < -0.3 is 14.5 Å². The van der Waals surface area contributed by atoms with E-state index in [-0.39, 0.29) is 11.7 Å². The normalized spacial score (nSPS) is 17.4. The van der Waals surface area contributed by atoms with Gasteiger partial charge in [-0.05, 0) is 49.1 Å². The van der Waals surface area contributed by atoms with Crippen LogP contribution < -0.4 is 9.64 Å². The largest absolute Gasteiger partial charge is 0.496 e. The summed E-state index contributed by atoms with van der Waals surface area (Å²) in [6.07, 6.45) is 3.47. The van der Waals surface area contributed by atoms with Crippen LogP contribution in [0.25, 0.3) is 0 Å². The molecule has 1 aromatic carbocycles. The number of hydrogen-bond donors (Lipinski definition) is 1. The summed E-state index contributed by atoms with van der Waals surface area (Å²) >= 11 is 1.68. The second kappa shape index (κ2) is 7.37. The molecule has 0 unspecified atom stereocenters. The lowest BCUT2D eigenvalue weighted by molar-refractivity contribution is -0.917. The van der Waals surface area contributed by atoms with Gasteiger partial charge in [0.25, 0.3) is 5.91 Å². The molecule has 26 heavy (non-hydrogen) atoms. The highest BCUT2D eigenvalue weighted by Gasteiger charge is 2.27. The average Bonchev–Trinajstić information content (AvgIpc) is 3.24. The van der Waals surface area contributed by atoms with E-state index in [1.54, 1.807) is 30.6 Å². The van der Waals surface area contributed by atoms with E-state index in [1.165, 1.54) is 27.8 Å². The number of rotatable bonds is 4. The fourth-order valence-electron chi connectivity index (χ4n) is 3.95. The van der Waals surface area contributed by atoms with E-state index in [1.807, 2.05) is 4.90 Å². The molecule has 0 bridgehead atoms. The molecule has 1 amide bonds. The zero-order valence-electron chi connectivity index (χ0n) is 15.0. The van der Waals surface area contributed by atoms with Crippen molar-refractivity contribution in [2.24, 2.45) is 0 Å². The topological polar surface area (TPSA) is 34.0 Å². The summed E-state index contributed by atoms with van der Waals surface area (Å²) < 4.78 is 18.9. The summed E-state index contributed by atoms with van der Waals surface area (Å²) in [6.45, 7) is 3.95. The molecule has 0 spiro atoms. The number of nitrogens with one attached hydrogen (secondary N) is 1. The van der Waals surface area contributed by atoms with Crippen molar-refractivity contribution in [3.05, 3.63) is 51.0 Å². The van der Waals surface area contributed by atoms with Crippen LogP contribution in [-0.2, 0) is 19.4 Å².